The van der Waals surface area contributed by atoms with Gasteiger partial charge in [-0.25, -0.2) is 4.98 Å². The van der Waals surface area contributed by atoms with Crippen LogP contribution in [0.15, 0.2) is 28.7 Å². The highest BCUT2D eigenvalue weighted by molar-refractivity contribution is 5.96. The predicted octanol–water partition coefficient (Wildman–Crippen LogP) is 2.82. The molecule has 0 spiro atoms. The monoisotopic (exact) mass is 296 g/mol. The number of hydrogen-bond donors (Lipinski definition) is 1. The molecular formula is C14H14F2N2O3. The van der Waals surface area contributed by atoms with E-state index in [1.54, 1.807) is 19.9 Å². The van der Waals surface area contributed by atoms with Gasteiger partial charge >= 0.3 is 6.61 Å². The minimum Gasteiger partial charge on any atom is -0.444 e. The summed E-state index contributed by atoms with van der Waals surface area (Å²) in [6.45, 7) is 0.627. The molecule has 0 unspecified atom stereocenters. The second-order valence-electron chi connectivity index (χ2n) is 4.31. The number of rotatable bonds is 5. The Labute approximate surface area is 119 Å². The van der Waals surface area contributed by atoms with Gasteiger partial charge in [-0.2, -0.15) is 8.78 Å². The second kappa shape index (κ2) is 6.34. The molecule has 112 valence electrons. The molecular weight excluding hydrogens is 282 g/mol. The Bertz CT molecular complexity index is 621. The third-order valence-corrected chi connectivity index (χ3v) is 2.82. The van der Waals surface area contributed by atoms with Crippen molar-refractivity contribution in [3.8, 4) is 5.75 Å². The summed E-state index contributed by atoms with van der Waals surface area (Å²) in [6, 6.07) is 5.78. The largest absolute Gasteiger partial charge is 0.444 e. The molecule has 0 saturated heterocycles. The number of carbonyl (C=O) groups excluding carboxylic acids is 1. The number of nitrogens with one attached hydrogen (secondary N) is 1. The minimum absolute atomic E-state index is 0.0257. The van der Waals surface area contributed by atoms with Crippen molar-refractivity contribution < 1.29 is 22.7 Å². The quantitative estimate of drug-likeness (QED) is 0.921. The standard InChI is InChI=1S/C14H14F2N2O3/c1-8-9(2)20-12(18-8)7-17-13(19)10-5-3-4-6-11(10)21-14(15)16/h3-6,14H,7H2,1-2H3,(H,17,19). The first-order valence-electron chi connectivity index (χ1n) is 6.22. The van der Waals surface area contributed by atoms with Gasteiger partial charge in [-0.15, -0.1) is 0 Å². The maximum Gasteiger partial charge on any atom is 0.387 e. The summed E-state index contributed by atoms with van der Waals surface area (Å²) >= 11 is 0. The number of benzene rings is 1. The van der Waals surface area contributed by atoms with Gasteiger partial charge < -0.3 is 14.5 Å². The van der Waals surface area contributed by atoms with Crippen LogP contribution < -0.4 is 10.1 Å². The summed E-state index contributed by atoms with van der Waals surface area (Å²) in [5.74, 6) is 0.302. The van der Waals surface area contributed by atoms with E-state index in [1.165, 1.54) is 18.2 Å². The lowest BCUT2D eigenvalue weighted by Gasteiger charge is -2.09. The third-order valence-electron chi connectivity index (χ3n) is 2.82. The number of hydrogen-bond acceptors (Lipinski definition) is 4. The number of carbonyl (C=O) groups is 1. The zero-order valence-electron chi connectivity index (χ0n) is 11.5. The molecule has 1 N–H and O–H groups in total. The predicted molar refractivity (Wildman–Crippen MR) is 70.2 cm³/mol. The van der Waals surface area contributed by atoms with Gasteiger partial charge in [0.25, 0.3) is 5.91 Å². The maximum absolute atomic E-state index is 12.3. The Balaban J connectivity index is 2.06. The average molecular weight is 296 g/mol. The molecule has 1 amide bonds. The first-order chi connectivity index (χ1) is 9.97. The molecule has 0 bridgehead atoms. The van der Waals surface area contributed by atoms with Crippen molar-refractivity contribution in [2.24, 2.45) is 0 Å². The van der Waals surface area contributed by atoms with Crippen molar-refractivity contribution in [2.45, 2.75) is 27.0 Å². The summed E-state index contributed by atoms with van der Waals surface area (Å²) in [6.07, 6.45) is 0. The molecule has 1 aromatic carbocycles. The van der Waals surface area contributed by atoms with Crippen LogP contribution >= 0.6 is 0 Å². The zero-order valence-corrected chi connectivity index (χ0v) is 11.5. The Kier molecular flexibility index (Phi) is 4.52. The van der Waals surface area contributed by atoms with Crippen molar-refractivity contribution in [3.05, 3.63) is 47.2 Å². The molecule has 0 radical (unpaired) electrons. The Morgan fingerprint density at radius 2 is 2.10 bits per heavy atom. The Hall–Kier alpha value is -2.44. The molecule has 1 heterocycles. The van der Waals surface area contributed by atoms with Crippen LogP contribution in [0, 0.1) is 13.8 Å². The van der Waals surface area contributed by atoms with Crippen LogP contribution in [0.4, 0.5) is 8.78 Å². The minimum atomic E-state index is -2.99. The number of amides is 1. The van der Waals surface area contributed by atoms with Gasteiger partial charge in [-0.05, 0) is 26.0 Å². The highest BCUT2D eigenvalue weighted by Gasteiger charge is 2.16. The number of aryl methyl sites for hydroxylation is 2. The lowest BCUT2D eigenvalue weighted by atomic mass is 10.2. The first-order valence-corrected chi connectivity index (χ1v) is 6.22. The van der Waals surface area contributed by atoms with Crippen molar-refractivity contribution >= 4 is 5.91 Å². The number of alkyl halides is 2. The van der Waals surface area contributed by atoms with E-state index in [4.69, 9.17) is 4.42 Å². The van der Waals surface area contributed by atoms with Crippen LogP contribution in [-0.4, -0.2) is 17.5 Å². The molecule has 7 heteroatoms. The third kappa shape index (κ3) is 3.77. The highest BCUT2D eigenvalue weighted by atomic mass is 19.3. The average Bonchev–Trinajstić information content (AvgIpc) is 2.75. The molecule has 1 aromatic heterocycles. The molecule has 5 nitrogen and oxygen atoms in total. The fraction of sp³-hybridized carbons (Fsp3) is 0.286. The van der Waals surface area contributed by atoms with E-state index in [1.807, 2.05) is 0 Å². The fourth-order valence-corrected chi connectivity index (χ4v) is 1.72. The number of aromatic nitrogens is 1. The topological polar surface area (TPSA) is 64.4 Å². The zero-order chi connectivity index (χ0) is 15.4. The second-order valence-corrected chi connectivity index (χ2v) is 4.31. The van der Waals surface area contributed by atoms with E-state index in [2.05, 4.69) is 15.0 Å². The Morgan fingerprint density at radius 1 is 1.38 bits per heavy atom. The van der Waals surface area contributed by atoms with Gasteiger partial charge in [0.1, 0.15) is 11.5 Å². The normalized spacial score (nSPS) is 10.7. The van der Waals surface area contributed by atoms with Crippen LogP contribution in [0.25, 0.3) is 0 Å². The summed E-state index contributed by atoms with van der Waals surface area (Å²) in [5.41, 5.74) is 0.762. The molecule has 2 rings (SSSR count). The van der Waals surface area contributed by atoms with Gasteiger partial charge in [0, 0.05) is 0 Å². The van der Waals surface area contributed by atoms with Crippen molar-refractivity contribution in [2.75, 3.05) is 0 Å². The van der Waals surface area contributed by atoms with Crippen molar-refractivity contribution in [1.82, 2.24) is 10.3 Å². The van der Waals surface area contributed by atoms with Gasteiger partial charge in [0.2, 0.25) is 5.89 Å². The first kappa shape index (κ1) is 15.0. The van der Waals surface area contributed by atoms with Crippen molar-refractivity contribution in [1.29, 1.82) is 0 Å². The molecule has 2 aromatic rings. The SMILES string of the molecule is Cc1nc(CNC(=O)c2ccccc2OC(F)F)oc1C. The number of nitrogens with zero attached hydrogens (tertiary/aromatic N) is 1. The van der Waals surface area contributed by atoms with E-state index in [-0.39, 0.29) is 17.9 Å². The summed E-state index contributed by atoms with van der Waals surface area (Å²) < 4.78 is 34.2. The van der Waals surface area contributed by atoms with Crippen LogP contribution in [-0.2, 0) is 6.54 Å². The Morgan fingerprint density at radius 3 is 2.71 bits per heavy atom. The van der Waals surface area contributed by atoms with Crippen LogP contribution in [0.5, 0.6) is 5.75 Å². The smallest absolute Gasteiger partial charge is 0.387 e. The summed E-state index contributed by atoms with van der Waals surface area (Å²) in [7, 11) is 0. The number of para-hydroxylation sites is 1. The molecule has 21 heavy (non-hydrogen) atoms. The van der Waals surface area contributed by atoms with E-state index >= 15 is 0 Å². The van der Waals surface area contributed by atoms with Crippen LogP contribution in [0.2, 0.25) is 0 Å². The fourth-order valence-electron chi connectivity index (χ4n) is 1.72. The van der Waals surface area contributed by atoms with E-state index < -0.39 is 12.5 Å². The van der Waals surface area contributed by atoms with Gasteiger partial charge in [0.15, 0.2) is 0 Å². The number of ether oxygens (including phenoxy) is 1. The lowest BCUT2D eigenvalue weighted by molar-refractivity contribution is -0.0501. The maximum atomic E-state index is 12.3. The van der Waals surface area contributed by atoms with E-state index in [0.29, 0.717) is 11.7 Å². The van der Waals surface area contributed by atoms with Gasteiger partial charge in [0.05, 0.1) is 17.8 Å². The van der Waals surface area contributed by atoms with Gasteiger partial charge in [-0.3, -0.25) is 4.79 Å². The number of halogens is 2. The van der Waals surface area contributed by atoms with Crippen molar-refractivity contribution in [3.63, 3.8) is 0 Å². The van der Waals surface area contributed by atoms with E-state index in [9.17, 15) is 13.6 Å². The van der Waals surface area contributed by atoms with Crippen LogP contribution in [0.1, 0.15) is 27.7 Å². The molecule has 0 atom stereocenters. The molecule has 0 saturated carbocycles. The molecule has 0 fully saturated rings. The van der Waals surface area contributed by atoms with Gasteiger partial charge in [-0.1, -0.05) is 12.1 Å². The number of oxazole rings is 1. The molecule has 0 aliphatic rings. The molecule has 0 aliphatic heterocycles. The summed E-state index contributed by atoms with van der Waals surface area (Å²) in [5, 5.41) is 2.55. The summed E-state index contributed by atoms with van der Waals surface area (Å²) in [4.78, 5) is 16.1. The highest BCUT2D eigenvalue weighted by Crippen LogP contribution is 2.20. The van der Waals surface area contributed by atoms with Crippen LogP contribution in [0.3, 0.4) is 0 Å². The van der Waals surface area contributed by atoms with E-state index in [0.717, 1.165) is 5.69 Å². The lowest BCUT2D eigenvalue weighted by Crippen LogP contribution is -2.24. The molecule has 0 aliphatic carbocycles.